The van der Waals surface area contributed by atoms with E-state index < -0.39 is 47.2 Å². The number of ether oxygens (including phenoxy) is 1. The molecule has 23 heavy (non-hydrogen) atoms. The van der Waals surface area contributed by atoms with Crippen LogP contribution >= 0.6 is 0 Å². The van der Waals surface area contributed by atoms with E-state index in [1.165, 1.54) is 0 Å². The molecule has 15 heteroatoms. The molecule has 1 saturated heterocycles. The van der Waals surface area contributed by atoms with Crippen LogP contribution in [0.3, 0.4) is 0 Å². The first-order chi connectivity index (χ1) is 9.71. The Balaban J connectivity index is 2.99. The van der Waals surface area contributed by atoms with Crippen molar-refractivity contribution in [1.29, 1.82) is 0 Å². The lowest BCUT2D eigenvalue weighted by Gasteiger charge is -2.37. The van der Waals surface area contributed by atoms with Crippen molar-refractivity contribution in [2.24, 2.45) is 0 Å². The molecule has 0 amide bonds. The summed E-state index contributed by atoms with van der Waals surface area (Å²) >= 11 is 0. The second kappa shape index (κ2) is 3.64. The average Bonchev–Trinajstić information content (AvgIpc) is 2.48. The van der Waals surface area contributed by atoms with Gasteiger partial charge in [-0.1, -0.05) is 0 Å². The van der Waals surface area contributed by atoms with Gasteiger partial charge in [0.2, 0.25) is 0 Å². The lowest BCUT2D eigenvalue weighted by Crippen LogP contribution is -2.71. The van der Waals surface area contributed by atoms with Crippen molar-refractivity contribution in [2.75, 3.05) is 0 Å². The third-order valence-electron chi connectivity index (χ3n) is 3.60. The monoisotopic (exact) mass is 378 g/mol. The first-order valence-corrected chi connectivity index (χ1v) is 5.05. The number of halogens is 14. The van der Waals surface area contributed by atoms with Gasteiger partial charge in [-0.05, 0) is 0 Å². The van der Waals surface area contributed by atoms with E-state index in [4.69, 9.17) is 0 Å². The van der Waals surface area contributed by atoms with Crippen LogP contribution < -0.4 is 0 Å². The van der Waals surface area contributed by atoms with Gasteiger partial charge in [0.15, 0.2) is 0 Å². The van der Waals surface area contributed by atoms with E-state index in [-0.39, 0.29) is 0 Å². The second-order valence-electron chi connectivity index (χ2n) is 4.75. The van der Waals surface area contributed by atoms with Gasteiger partial charge in [0.25, 0.3) is 5.67 Å². The highest BCUT2D eigenvalue weighted by atomic mass is 19.4. The first kappa shape index (κ1) is 18.3. The fourth-order valence-electron chi connectivity index (χ4n) is 2.41. The normalized spacial score (nSPS) is 46.7. The minimum absolute atomic E-state index is 1.91. The van der Waals surface area contributed by atoms with Gasteiger partial charge in [-0.25, -0.2) is 13.2 Å². The van der Waals surface area contributed by atoms with Crippen LogP contribution in [0, 0.1) is 0 Å². The highest BCUT2D eigenvalue weighted by Gasteiger charge is 3.13. The predicted molar refractivity (Wildman–Crippen MR) is 38.4 cm³/mol. The van der Waals surface area contributed by atoms with Gasteiger partial charge in [0.05, 0.1) is 0 Å². The molecule has 0 aromatic rings. The zero-order chi connectivity index (χ0) is 18.7. The van der Waals surface area contributed by atoms with Gasteiger partial charge < -0.3 is 0 Å². The quantitative estimate of drug-likeness (QED) is 0.575. The Labute approximate surface area is 115 Å². The van der Waals surface area contributed by atoms with Crippen LogP contribution in [-0.4, -0.2) is 47.2 Å². The van der Waals surface area contributed by atoms with Crippen molar-refractivity contribution in [3.8, 4) is 0 Å². The molecule has 2 aliphatic rings. The molecule has 3 unspecified atom stereocenters. The summed E-state index contributed by atoms with van der Waals surface area (Å²) < 4.78 is 184. The molecule has 0 spiro atoms. The van der Waals surface area contributed by atoms with Crippen molar-refractivity contribution in [1.82, 2.24) is 0 Å². The summed E-state index contributed by atoms with van der Waals surface area (Å²) in [6, 6.07) is 0. The smallest absolute Gasteiger partial charge is 0.271 e. The Kier molecular flexibility index (Phi) is 2.90. The third-order valence-corrected chi connectivity index (χ3v) is 3.60. The van der Waals surface area contributed by atoms with Crippen molar-refractivity contribution < 1.29 is 66.2 Å². The maximum absolute atomic E-state index is 13.9. The Hall–Kier alpha value is -1.02. The molecule has 1 heterocycles. The second-order valence-corrected chi connectivity index (χ2v) is 4.75. The number of hydrogen-bond donors (Lipinski definition) is 0. The van der Waals surface area contributed by atoms with Gasteiger partial charge >= 0.3 is 41.6 Å². The standard InChI is InChI=1S/C8F14O/c9-1-2(10,7(18,19)20)8(21,22)23-6(1,17)5(15,16)4(13,14)3(1,11)12. The summed E-state index contributed by atoms with van der Waals surface area (Å²) in [5.41, 5.74) is -15.0. The van der Waals surface area contributed by atoms with Crippen molar-refractivity contribution >= 4 is 0 Å². The molecule has 0 N–H and O–H groups in total. The van der Waals surface area contributed by atoms with Crippen LogP contribution in [0.1, 0.15) is 0 Å². The number of alkyl halides is 14. The molecule has 0 radical (unpaired) electrons. The zero-order valence-corrected chi connectivity index (χ0v) is 9.70. The lowest BCUT2D eigenvalue weighted by atomic mass is 9.80. The summed E-state index contributed by atoms with van der Waals surface area (Å²) in [6.07, 6.45) is -14.5. The third kappa shape index (κ3) is 1.28. The van der Waals surface area contributed by atoms with Crippen molar-refractivity contribution in [3.05, 3.63) is 0 Å². The van der Waals surface area contributed by atoms with Crippen LogP contribution in [0.15, 0.2) is 0 Å². The van der Waals surface area contributed by atoms with Crippen LogP contribution in [0.4, 0.5) is 61.5 Å². The molecular weight excluding hydrogens is 378 g/mol. The van der Waals surface area contributed by atoms with E-state index in [0.717, 1.165) is 0 Å². The fraction of sp³-hybridized carbons (Fsp3) is 1.00. The zero-order valence-electron chi connectivity index (χ0n) is 9.70. The number of hydrogen-bond acceptors (Lipinski definition) is 1. The van der Waals surface area contributed by atoms with E-state index in [2.05, 4.69) is 0 Å². The Morgan fingerprint density at radius 3 is 1.30 bits per heavy atom. The maximum Gasteiger partial charge on any atom is 0.435 e. The molecule has 3 atom stereocenters. The van der Waals surface area contributed by atoms with Gasteiger partial charge in [0, 0.05) is 0 Å². The molecule has 0 aromatic carbocycles. The molecule has 0 bridgehead atoms. The fourth-order valence-corrected chi connectivity index (χ4v) is 2.41. The van der Waals surface area contributed by atoms with Gasteiger partial charge in [-0.2, -0.15) is 48.3 Å². The molecule has 1 nitrogen and oxygen atoms in total. The van der Waals surface area contributed by atoms with Crippen molar-refractivity contribution in [2.45, 2.75) is 47.2 Å². The van der Waals surface area contributed by atoms with E-state index in [1.54, 1.807) is 0 Å². The molecule has 136 valence electrons. The van der Waals surface area contributed by atoms with Crippen LogP contribution in [-0.2, 0) is 4.74 Å². The topological polar surface area (TPSA) is 9.23 Å². The highest BCUT2D eigenvalue weighted by Crippen LogP contribution is 2.79. The Bertz CT molecular complexity index is 551. The summed E-state index contributed by atoms with van der Waals surface area (Å²) in [6.45, 7) is 0. The van der Waals surface area contributed by atoms with Gasteiger partial charge in [-0.15, -0.1) is 0 Å². The molecule has 1 saturated carbocycles. The van der Waals surface area contributed by atoms with E-state index in [0.29, 0.717) is 0 Å². The summed E-state index contributed by atoms with van der Waals surface area (Å²) in [5, 5.41) is 0. The molecule has 2 rings (SSSR count). The van der Waals surface area contributed by atoms with E-state index >= 15 is 0 Å². The molecular formula is C8F14O. The molecule has 2 fully saturated rings. The molecule has 0 aromatic heterocycles. The van der Waals surface area contributed by atoms with Crippen molar-refractivity contribution in [3.63, 3.8) is 0 Å². The summed E-state index contributed by atoms with van der Waals surface area (Å²) in [5.74, 6) is -29.1. The largest absolute Gasteiger partial charge is 0.435 e. The van der Waals surface area contributed by atoms with Crippen LogP contribution in [0.25, 0.3) is 0 Å². The van der Waals surface area contributed by atoms with Gasteiger partial charge in [0.1, 0.15) is 0 Å². The number of rotatable bonds is 0. The predicted octanol–water partition coefficient (Wildman–Crippen LogP) is 4.17. The highest BCUT2D eigenvalue weighted by molar-refractivity contribution is 5.38. The Morgan fingerprint density at radius 2 is 0.957 bits per heavy atom. The van der Waals surface area contributed by atoms with E-state index in [9.17, 15) is 61.5 Å². The minimum Gasteiger partial charge on any atom is -0.271 e. The minimum atomic E-state index is -7.55. The molecule has 1 aliphatic carbocycles. The van der Waals surface area contributed by atoms with Crippen LogP contribution in [0.2, 0.25) is 0 Å². The maximum atomic E-state index is 13.9. The SMILES string of the molecule is FC(F)(F)C1(F)C(F)(F)OC2(F)C(F)(F)C(F)(F)C(F)(F)C21F. The summed E-state index contributed by atoms with van der Waals surface area (Å²) in [7, 11) is 0. The summed E-state index contributed by atoms with van der Waals surface area (Å²) in [4.78, 5) is 0. The van der Waals surface area contributed by atoms with Crippen LogP contribution in [0.5, 0.6) is 0 Å². The first-order valence-electron chi connectivity index (χ1n) is 5.05. The van der Waals surface area contributed by atoms with E-state index in [1.807, 2.05) is 4.74 Å². The lowest BCUT2D eigenvalue weighted by molar-refractivity contribution is -0.413. The average molecular weight is 378 g/mol. The molecule has 1 aliphatic heterocycles. The number of fused-ring (bicyclic) bond motifs is 1. The Morgan fingerprint density at radius 1 is 0.565 bits per heavy atom. The van der Waals surface area contributed by atoms with Gasteiger partial charge in [-0.3, -0.25) is 4.74 Å².